The first-order valence-corrected chi connectivity index (χ1v) is 8.79. The van der Waals surface area contributed by atoms with Gasteiger partial charge in [0.05, 0.1) is 0 Å². The Morgan fingerprint density at radius 2 is 1.55 bits per heavy atom. The molecule has 0 unspecified atom stereocenters. The number of nitrogens with zero attached hydrogens (tertiary/aromatic N) is 1. The molecule has 1 aromatic carbocycles. The summed E-state index contributed by atoms with van der Waals surface area (Å²) in [6.45, 7) is 17.6. The lowest BCUT2D eigenvalue weighted by molar-refractivity contribution is 0.244. The lowest BCUT2D eigenvalue weighted by atomic mass is 9.72. The molecule has 1 fully saturated rings. The maximum Gasteiger partial charge on any atom is 0.0108 e. The number of benzene rings is 1. The molecule has 124 valence electrons. The van der Waals surface area contributed by atoms with Crippen molar-refractivity contribution in [1.82, 2.24) is 10.2 Å². The van der Waals surface area contributed by atoms with E-state index in [0.29, 0.717) is 5.41 Å². The zero-order valence-electron chi connectivity index (χ0n) is 15.2. The molecular weight excluding hydrogens is 268 g/mol. The third-order valence-corrected chi connectivity index (χ3v) is 4.63. The molecule has 0 saturated carbocycles. The minimum atomic E-state index is 0.245. The van der Waals surface area contributed by atoms with E-state index in [-0.39, 0.29) is 5.41 Å². The highest BCUT2D eigenvalue weighted by Crippen LogP contribution is 2.36. The average molecular weight is 303 g/mol. The zero-order valence-corrected chi connectivity index (χ0v) is 15.2. The lowest BCUT2D eigenvalue weighted by Gasteiger charge is -2.33. The molecule has 22 heavy (non-hydrogen) atoms. The van der Waals surface area contributed by atoms with Gasteiger partial charge in [-0.2, -0.15) is 0 Å². The molecule has 0 radical (unpaired) electrons. The minimum Gasteiger partial charge on any atom is -0.314 e. The van der Waals surface area contributed by atoms with Crippen LogP contribution in [0.2, 0.25) is 0 Å². The summed E-state index contributed by atoms with van der Waals surface area (Å²) in [5.74, 6) is 0. The quantitative estimate of drug-likeness (QED) is 0.889. The largest absolute Gasteiger partial charge is 0.314 e. The second-order valence-corrected chi connectivity index (χ2v) is 8.66. The first kappa shape index (κ1) is 17.5. The standard InChI is InChI=1S/C20H34N2/c1-19(2,3)16-20(4,5)18-8-6-17(7-9-18)10-13-22-14-11-21-12-15-22/h6-9,21H,10-16H2,1-5H3. The van der Waals surface area contributed by atoms with Gasteiger partial charge in [-0.15, -0.1) is 0 Å². The van der Waals surface area contributed by atoms with Gasteiger partial charge in [0.1, 0.15) is 0 Å². The summed E-state index contributed by atoms with van der Waals surface area (Å²) < 4.78 is 0. The van der Waals surface area contributed by atoms with Crippen LogP contribution in [0.1, 0.15) is 52.2 Å². The molecule has 0 aliphatic carbocycles. The van der Waals surface area contributed by atoms with Crippen LogP contribution in [-0.2, 0) is 11.8 Å². The summed E-state index contributed by atoms with van der Waals surface area (Å²) in [7, 11) is 0. The second kappa shape index (κ2) is 7.14. The molecule has 1 aliphatic rings. The molecular formula is C20H34N2. The van der Waals surface area contributed by atoms with E-state index in [1.807, 2.05) is 0 Å². The van der Waals surface area contributed by atoms with E-state index in [4.69, 9.17) is 0 Å². The van der Waals surface area contributed by atoms with Gasteiger partial charge in [0, 0.05) is 32.7 Å². The summed E-state index contributed by atoms with van der Waals surface area (Å²) in [4.78, 5) is 2.56. The number of hydrogen-bond donors (Lipinski definition) is 1. The topological polar surface area (TPSA) is 15.3 Å². The van der Waals surface area contributed by atoms with Crippen molar-refractivity contribution >= 4 is 0 Å². The Morgan fingerprint density at radius 1 is 0.955 bits per heavy atom. The first-order valence-electron chi connectivity index (χ1n) is 8.79. The third-order valence-electron chi connectivity index (χ3n) is 4.63. The molecule has 1 saturated heterocycles. The number of hydrogen-bond acceptors (Lipinski definition) is 2. The van der Waals surface area contributed by atoms with Gasteiger partial charge in [-0.25, -0.2) is 0 Å². The Balaban J connectivity index is 1.91. The minimum absolute atomic E-state index is 0.245. The highest BCUT2D eigenvalue weighted by atomic mass is 15.2. The fourth-order valence-electron chi connectivity index (χ4n) is 3.77. The molecule has 2 nitrogen and oxygen atoms in total. The first-order chi connectivity index (χ1) is 10.3. The van der Waals surface area contributed by atoms with Crippen LogP contribution in [0.3, 0.4) is 0 Å². The van der Waals surface area contributed by atoms with Gasteiger partial charge in [-0.05, 0) is 34.8 Å². The molecule has 0 bridgehead atoms. The van der Waals surface area contributed by atoms with Gasteiger partial charge in [0.25, 0.3) is 0 Å². The molecule has 0 amide bonds. The maximum absolute atomic E-state index is 3.41. The van der Waals surface area contributed by atoms with Crippen LogP contribution < -0.4 is 5.32 Å². The van der Waals surface area contributed by atoms with Crippen molar-refractivity contribution in [2.24, 2.45) is 5.41 Å². The SMILES string of the molecule is CC(C)(C)CC(C)(C)c1ccc(CCN2CCNCC2)cc1. The molecule has 0 spiro atoms. The van der Waals surface area contributed by atoms with Crippen LogP contribution in [-0.4, -0.2) is 37.6 Å². The van der Waals surface area contributed by atoms with E-state index in [9.17, 15) is 0 Å². The Bertz CT molecular complexity index is 448. The van der Waals surface area contributed by atoms with Gasteiger partial charge in [0.2, 0.25) is 0 Å². The van der Waals surface area contributed by atoms with Crippen LogP contribution in [0.4, 0.5) is 0 Å². The lowest BCUT2D eigenvalue weighted by Crippen LogP contribution is -2.44. The third kappa shape index (κ3) is 5.40. The summed E-state index contributed by atoms with van der Waals surface area (Å²) >= 11 is 0. The molecule has 0 atom stereocenters. The Kier molecular flexibility index (Phi) is 5.68. The molecule has 1 heterocycles. The van der Waals surface area contributed by atoms with Crippen molar-refractivity contribution in [3.63, 3.8) is 0 Å². The van der Waals surface area contributed by atoms with Gasteiger partial charge < -0.3 is 10.2 Å². The fourth-order valence-corrected chi connectivity index (χ4v) is 3.77. The van der Waals surface area contributed by atoms with Crippen molar-refractivity contribution in [3.8, 4) is 0 Å². The number of nitrogens with one attached hydrogen (secondary N) is 1. The fraction of sp³-hybridized carbons (Fsp3) is 0.700. The molecule has 1 N–H and O–H groups in total. The van der Waals surface area contributed by atoms with Crippen molar-refractivity contribution in [2.45, 2.75) is 52.9 Å². The van der Waals surface area contributed by atoms with Crippen LogP contribution in [0.5, 0.6) is 0 Å². The van der Waals surface area contributed by atoms with E-state index in [2.05, 4.69) is 69.1 Å². The maximum atomic E-state index is 3.41. The van der Waals surface area contributed by atoms with E-state index in [0.717, 1.165) is 13.1 Å². The molecule has 1 aliphatic heterocycles. The monoisotopic (exact) mass is 302 g/mol. The number of piperazine rings is 1. The van der Waals surface area contributed by atoms with E-state index < -0.39 is 0 Å². The molecule has 2 heteroatoms. The van der Waals surface area contributed by atoms with E-state index >= 15 is 0 Å². The summed E-state index contributed by atoms with van der Waals surface area (Å²) in [6.07, 6.45) is 2.38. The highest BCUT2D eigenvalue weighted by molar-refractivity contribution is 5.28. The summed E-state index contributed by atoms with van der Waals surface area (Å²) in [5, 5.41) is 3.41. The van der Waals surface area contributed by atoms with Crippen molar-refractivity contribution in [3.05, 3.63) is 35.4 Å². The van der Waals surface area contributed by atoms with Crippen LogP contribution in [0.15, 0.2) is 24.3 Å². The average Bonchev–Trinajstić information content (AvgIpc) is 2.44. The van der Waals surface area contributed by atoms with Crippen molar-refractivity contribution < 1.29 is 0 Å². The normalized spacial score (nSPS) is 17.7. The summed E-state index contributed by atoms with van der Waals surface area (Å²) in [6, 6.07) is 9.36. The van der Waals surface area contributed by atoms with Gasteiger partial charge in [-0.1, -0.05) is 58.9 Å². The Morgan fingerprint density at radius 3 is 2.09 bits per heavy atom. The van der Waals surface area contributed by atoms with E-state index in [1.165, 1.54) is 43.6 Å². The summed E-state index contributed by atoms with van der Waals surface area (Å²) in [5.41, 5.74) is 3.54. The van der Waals surface area contributed by atoms with Gasteiger partial charge >= 0.3 is 0 Å². The second-order valence-electron chi connectivity index (χ2n) is 8.66. The predicted octanol–water partition coefficient (Wildman–Crippen LogP) is 3.85. The molecule has 0 aromatic heterocycles. The van der Waals surface area contributed by atoms with Gasteiger partial charge in [0.15, 0.2) is 0 Å². The zero-order chi connectivity index (χ0) is 16.2. The van der Waals surface area contributed by atoms with Crippen molar-refractivity contribution in [2.75, 3.05) is 32.7 Å². The van der Waals surface area contributed by atoms with Crippen LogP contribution >= 0.6 is 0 Å². The van der Waals surface area contributed by atoms with Gasteiger partial charge in [-0.3, -0.25) is 0 Å². The smallest absolute Gasteiger partial charge is 0.0108 e. The Labute approximate surface area is 137 Å². The van der Waals surface area contributed by atoms with Crippen LogP contribution in [0, 0.1) is 5.41 Å². The van der Waals surface area contributed by atoms with Crippen molar-refractivity contribution in [1.29, 1.82) is 0 Å². The molecule has 2 rings (SSSR count). The Hall–Kier alpha value is -0.860. The highest BCUT2D eigenvalue weighted by Gasteiger charge is 2.27. The predicted molar refractivity (Wildman–Crippen MR) is 96.6 cm³/mol. The van der Waals surface area contributed by atoms with E-state index in [1.54, 1.807) is 0 Å². The molecule has 1 aromatic rings. The van der Waals surface area contributed by atoms with Crippen LogP contribution in [0.25, 0.3) is 0 Å². The number of rotatable bonds is 5.